The molecule has 2 fully saturated rings. The Morgan fingerprint density at radius 1 is 1.11 bits per heavy atom. The molecular formula is C23H30N2O3. The summed E-state index contributed by atoms with van der Waals surface area (Å²) in [5.41, 5.74) is 2.20. The van der Waals surface area contributed by atoms with Crippen LogP contribution in [0.2, 0.25) is 0 Å². The van der Waals surface area contributed by atoms with Gasteiger partial charge in [-0.1, -0.05) is 12.1 Å². The number of fused-ring (bicyclic) bond motifs is 1. The minimum atomic E-state index is 0.187. The van der Waals surface area contributed by atoms with Gasteiger partial charge in [0.15, 0.2) is 0 Å². The van der Waals surface area contributed by atoms with Gasteiger partial charge in [0, 0.05) is 31.9 Å². The number of rotatable bonds is 7. The fourth-order valence-electron chi connectivity index (χ4n) is 4.88. The summed E-state index contributed by atoms with van der Waals surface area (Å²) in [4.78, 5) is 6.87. The van der Waals surface area contributed by atoms with E-state index in [0.29, 0.717) is 23.9 Å². The van der Waals surface area contributed by atoms with Gasteiger partial charge in [-0.05, 0) is 73.8 Å². The van der Waals surface area contributed by atoms with Gasteiger partial charge in [-0.3, -0.25) is 4.98 Å². The molecule has 1 aromatic heterocycles. The molecule has 0 spiro atoms. The number of nitrogens with zero attached hydrogens (tertiary/aromatic N) is 2. The van der Waals surface area contributed by atoms with Crippen LogP contribution in [0.15, 0.2) is 42.6 Å². The first-order valence-corrected chi connectivity index (χ1v) is 10.3. The smallest absolute Gasteiger partial charge is 0.138 e. The molecule has 0 bridgehead atoms. The summed E-state index contributed by atoms with van der Waals surface area (Å²) in [5.74, 6) is 2.85. The number of hydrogen-bond acceptors (Lipinski definition) is 5. The number of hydrogen-bond donors (Lipinski definition) is 2. The fraction of sp³-hybridized carbons (Fsp3) is 0.522. The summed E-state index contributed by atoms with van der Waals surface area (Å²) in [6.07, 6.45) is 5.10. The minimum absolute atomic E-state index is 0.187. The van der Waals surface area contributed by atoms with Crippen LogP contribution in [0.3, 0.4) is 0 Å². The molecule has 2 aliphatic rings. The quantitative estimate of drug-likeness (QED) is 0.769. The van der Waals surface area contributed by atoms with Crippen LogP contribution in [0.5, 0.6) is 11.5 Å². The first kappa shape index (κ1) is 19.2. The van der Waals surface area contributed by atoms with Gasteiger partial charge >= 0.3 is 0 Å². The normalized spacial score (nSPS) is 25.6. The molecule has 150 valence electrons. The van der Waals surface area contributed by atoms with Crippen LogP contribution in [0, 0.1) is 18.8 Å². The molecule has 2 aromatic rings. The van der Waals surface area contributed by atoms with Gasteiger partial charge in [0.25, 0.3) is 0 Å². The van der Waals surface area contributed by atoms with E-state index in [1.54, 1.807) is 12.1 Å². The van der Waals surface area contributed by atoms with Crippen LogP contribution in [-0.2, 0) is 0 Å². The van der Waals surface area contributed by atoms with Crippen molar-refractivity contribution in [1.82, 2.24) is 9.88 Å². The van der Waals surface area contributed by atoms with Crippen molar-refractivity contribution in [3.63, 3.8) is 0 Å². The molecule has 4 atom stereocenters. The number of benzene rings is 1. The van der Waals surface area contributed by atoms with E-state index in [9.17, 15) is 10.2 Å². The number of aromatic hydroxyl groups is 1. The van der Waals surface area contributed by atoms with Crippen molar-refractivity contribution in [3.05, 3.63) is 53.9 Å². The molecule has 2 unspecified atom stereocenters. The number of aliphatic hydroxyl groups excluding tert-OH is 1. The number of aliphatic hydroxyl groups is 1. The monoisotopic (exact) mass is 382 g/mol. The van der Waals surface area contributed by atoms with E-state index in [1.807, 2.05) is 37.4 Å². The molecule has 4 rings (SSSR count). The van der Waals surface area contributed by atoms with Crippen molar-refractivity contribution >= 4 is 0 Å². The largest absolute Gasteiger partial charge is 0.508 e. The van der Waals surface area contributed by atoms with E-state index < -0.39 is 0 Å². The van der Waals surface area contributed by atoms with Gasteiger partial charge in [-0.25, -0.2) is 0 Å². The van der Waals surface area contributed by atoms with Crippen molar-refractivity contribution in [2.75, 3.05) is 26.2 Å². The zero-order chi connectivity index (χ0) is 19.5. The molecule has 1 aliphatic heterocycles. The Morgan fingerprint density at radius 3 is 2.43 bits per heavy atom. The van der Waals surface area contributed by atoms with E-state index in [-0.39, 0.29) is 12.4 Å². The lowest BCUT2D eigenvalue weighted by Crippen LogP contribution is -2.29. The molecule has 1 saturated heterocycles. The molecule has 5 heteroatoms. The molecular weight excluding hydrogens is 352 g/mol. The van der Waals surface area contributed by atoms with Crippen LogP contribution in [0.1, 0.15) is 36.4 Å². The number of ether oxygens (including phenoxy) is 1. The maximum absolute atomic E-state index is 9.53. The van der Waals surface area contributed by atoms with Gasteiger partial charge in [0.05, 0.1) is 12.3 Å². The Labute approximate surface area is 167 Å². The first-order valence-electron chi connectivity index (χ1n) is 10.3. The fourth-order valence-corrected chi connectivity index (χ4v) is 4.88. The molecule has 2 N–H and O–H groups in total. The van der Waals surface area contributed by atoms with Crippen molar-refractivity contribution in [3.8, 4) is 11.5 Å². The summed E-state index contributed by atoms with van der Waals surface area (Å²) < 4.78 is 6.16. The van der Waals surface area contributed by atoms with Crippen LogP contribution in [0.4, 0.5) is 0 Å². The molecule has 2 heterocycles. The number of aryl methyl sites for hydroxylation is 1. The van der Waals surface area contributed by atoms with Crippen LogP contribution >= 0.6 is 0 Å². The van der Waals surface area contributed by atoms with E-state index in [0.717, 1.165) is 50.3 Å². The number of phenolic OH excluding ortho intramolecular Hbond substituents is 1. The second kappa shape index (κ2) is 8.50. The first-order chi connectivity index (χ1) is 13.6. The summed E-state index contributed by atoms with van der Waals surface area (Å²) in [5, 5.41) is 19.0. The average molecular weight is 383 g/mol. The SMILES string of the molecule is Cc1ccc(OC2C[C@@H]3CN(CC(CCO)c4ccc(O)cc4)C[C@@H]3C2)cn1. The Kier molecular flexibility index (Phi) is 5.83. The molecule has 0 radical (unpaired) electrons. The van der Waals surface area contributed by atoms with Gasteiger partial charge < -0.3 is 19.8 Å². The lowest BCUT2D eigenvalue weighted by atomic mass is 9.95. The molecule has 5 nitrogen and oxygen atoms in total. The number of phenols is 1. The lowest BCUT2D eigenvalue weighted by molar-refractivity contribution is 0.180. The summed E-state index contributed by atoms with van der Waals surface area (Å²) >= 11 is 0. The third-order valence-corrected chi connectivity index (χ3v) is 6.29. The standard InChI is InChI=1S/C23H30N2O3/c1-16-2-7-22(12-24-16)28-23-10-19-14-25(15-20(19)11-23)13-18(8-9-26)17-3-5-21(27)6-4-17/h2-7,12,18-20,23,26-27H,8-11,13-15H2,1H3/t18?,19-,20+,23?. The minimum Gasteiger partial charge on any atom is -0.508 e. The Bertz CT molecular complexity index is 748. The Morgan fingerprint density at radius 2 is 1.82 bits per heavy atom. The zero-order valence-electron chi connectivity index (χ0n) is 16.5. The van der Waals surface area contributed by atoms with Crippen LogP contribution in [0.25, 0.3) is 0 Å². The third-order valence-electron chi connectivity index (χ3n) is 6.29. The van der Waals surface area contributed by atoms with Gasteiger partial charge in [0.2, 0.25) is 0 Å². The van der Waals surface area contributed by atoms with Crippen LogP contribution < -0.4 is 4.74 Å². The second-order valence-electron chi connectivity index (χ2n) is 8.39. The zero-order valence-corrected chi connectivity index (χ0v) is 16.5. The molecule has 0 amide bonds. The maximum Gasteiger partial charge on any atom is 0.138 e. The highest BCUT2D eigenvalue weighted by Crippen LogP contribution is 2.40. The Balaban J connectivity index is 1.31. The van der Waals surface area contributed by atoms with Gasteiger partial charge in [-0.2, -0.15) is 0 Å². The second-order valence-corrected chi connectivity index (χ2v) is 8.39. The predicted octanol–water partition coefficient (Wildman–Crippen LogP) is 3.35. The number of likely N-dealkylation sites (tertiary alicyclic amines) is 1. The molecule has 28 heavy (non-hydrogen) atoms. The highest BCUT2D eigenvalue weighted by atomic mass is 16.5. The third kappa shape index (κ3) is 4.47. The highest BCUT2D eigenvalue weighted by molar-refractivity contribution is 5.28. The molecule has 1 aromatic carbocycles. The van der Waals surface area contributed by atoms with E-state index >= 15 is 0 Å². The number of aromatic nitrogens is 1. The van der Waals surface area contributed by atoms with E-state index in [1.165, 1.54) is 5.56 Å². The van der Waals surface area contributed by atoms with Crippen molar-refractivity contribution in [2.45, 2.75) is 38.2 Å². The van der Waals surface area contributed by atoms with Crippen LogP contribution in [-0.4, -0.2) is 52.4 Å². The number of pyridine rings is 1. The highest BCUT2D eigenvalue weighted by Gasteiger charge is 2.42. The predicted molar refractivity (Wildman–Crippen MR) is 109 cm³/mol. The van der Waals surface area contributed by atoms with Crippen molar-refractivity contribution < 1.29 is 14.9 Å². The summed E-state index contributed by atoms with van der Waals surface area (Å²) in [7, 11) is 0. The van der Waals surface area contributed by atoms with Gasteiger partial charge in [-0.15, -0.1) is 0 Å². The Hall–Kier alpha value is -2.11. The molecule has 1 saturated carbocycles. The van der Waals surface area contributed by atoms with Gasteiger partial charge in [0.1, 0.15) is 11.5 Å². The average Bonchev–Trinajstić information content (AvgIpc) is 3.22. The molecule has 1 aliphatic carbocycles. The van der Waals surface area contributed by atoms with Crippen molar-refractivity contribution in [1.29, 1.82) is 0 Å². The van der Waals surface area contributed by atoms with E-state index in [2.05, 4.69) is 9.88 Å². The van der Waals surface area contributed by atoms with E-state index in [4.69, 9.17) is 4.74 Å². The summed E-state index contributed by atoms with van der Waals surface area (Å²) in [6.45, 7) is 5.35. The lowest BCUT2D eigenvalue weighted by Gasteiger charge is -2.25. The summed E-state index contributed by atoms with van der Waals surface area (Å²) in [6, 6.07) is 11.4. The maximum atomic E-state index is 9.53. The topological polar surface area (TPSA) is 65.8 Å². The van der Waals surface area contributed by atoms with Crippen molar-refractivity contribution in [2.24, 2.45) is 11.8 Å².